The van der Waals surface area contributed by atoms with Crippen LogP contribution in [0.1, 0.15) is 40.0 Å². The Kier molecular flexibility index (Phi) is 7.80. The van der Waals surface area contributed by atoms with E-state index in [1.54, 1.807) is 41.0 Å². The van der Waals surface area contributed by atoms with E-state index in [0.717, 1.165) is 34.0 Å². The third kappa shape index (κ3) is 5.38. The molecule has 0 N–H and O–H groups in total. The number of hydrogen-bond donors (Lipinski definition) is 0. The molecule has 0 atom stereocenters. The average Bonchev–Trinajstić information content (AvgIpc) is 3.76. The Morgan fingerprint density at radius 2 is 1.56 bits per heavy atom. The molecule has 17 heteroatoms. The minimum Gasteiger partial charge on any atom is -0.454 e. The maximum absolute atomic E-state index is 13.7. The molecule has 0 saturated carbocycles. The number of amides is 2. The second kappa shape index (κ2) is 12.3. The number of benzene rings is 3. The van der Waals surface area contributed by atoms with E-state index >= 15 is 0 Å². The van der Waals surface area contributed by atoms with E-state index in [1.165, 1.54) is 16.7 Å². The van der Waals surface area contributed by atoms with E-state index in [1.807, 2.05) is 6.07 Å². The van der Waals surface area contributed by atoms with Gasteiger partial charge in [0.1, 0.15) is 12.0 Å². The van der Waals surface area contributed by atoms with Crippen molar-refractivity contribution in [3.8, 4) is 17.2 Å². The molecule has 4 heterocycles. The Morgan fingerprint density at radius 3 is 2.29 bits per heavy atom. The second-order valence-corrected chi connectivity index (χ2v) is 11.9. The van der Waals surface area contributed by atoms with Crippen LogP contribution in [0.5, 0.6) is 11.5 Å². The molecule has 0 aliphatic carbocycles. The number of nitro benzene ring substituents is 2. The Hall–Kier alpha value is -6.10. The predicted octanol–water partition coefficient (Wildman–Crippen LogP) is 4.75. The number of nitrogens with zero attached hydrogens (tertiary/aromatic N) is 7. The summed E-state index contributed by atoms with van der Waals surface area (Å²) < 4.78 is 13.6. The lowest BCUT2D eigenvalue weighted by Crippen LogP contribution is -2.30. The second-order valence-electron chi connectivity index (χ2n) is 10.8. The Balaban J connectivity index is 1.17. The Bertz CT molecular complexity index is 2200. The molecule has 0 saturated heterocycles. The van der Waals surface area contributed by atoms with Crippen molar-refractivity contribution < 1.29 is 28.9 Å². The smallest absolute Gasteiger partial charge is 0.300 e. The molecule has 0 unspecified atom stereocenters. The first-order chi connectivity index (χ1) is 23.2. The zero-order valence-electron chi connectivity index (χ0n) is 24.8. The van der Waals surface area contributed by atoms with Crippen LogP contribution in [0.15, 0.2) is 81.8 Å². The zero-order valence-corrected chi connectivity index (χ0v) is 25.6. The standard InChI is InChI=1S/C31H23N7O9S/c39-28-20-6-2-3-7-21(20)29(40)35(28)13-5-1-4-12-34-27-26(33-31(34)48-19-9-11-24-25(15-19)47-17-46-24)30(41)36(16-32-27)22-10-8-18(37(42)43)14-23(22)38(44)45/h2-3,6-11,14-16H,1,4-5,12-13,17H2. The molecule has 5 aromatic rings. The van der Waals surface area contributed by atoms with Crippen molar-refractivity contribution in [1.29, 1.82) is 0 Å². The summed E-state index contributed by atoms with van der Waals surface area (Å²) in [5, 5.41) is 23.4. The van der Waals surface area contributed by atoms with E-state index in [-0.39, 0.29) is 42.0 Å². The van der Waals surface area contributed by atoms with Gasteiger partial charge in [0.2, 0.25) is 6.79 Å². The van der Waals surface area contributed by atoms with Gasteiger partial charge in [-0.3, -0.25) is 44.1 Å². The molecule has 7 rings (SSSR count). The fourth-order valence-corrected chi connectivity index (χ4v) is 6.55. The number of carbonyl (C=O) groups excluding carboxylic acids is 2. The summed E-state index contributed by atoms with van der Waals surface area (Å²) in [6.45, 7) is 0.730. The van der Waals surface area contributed by atoms with Crippen molar-refractivity contribution in [3.63, 3.8) is 0 Å². The van der Waals surface area contributed by atoms with E-state index in [0.29, 0.717) is 53.6 Å². The molecule has 48 heavy (non-hydrogen) atoms. The van der Waals surface area contributed by atoms with Gasteiger partial charge < -0.3 is 14.0 Å². The van der Waals surface area contributed by atoms with Gasteiger partial charge in [-0.1, -0.05) is 23.9 Å². The topological polar surface area (TPSA) is 195 Å². The van der Waals surface area contributed by atoms with Gasteiger partial charge in [0.05, 0.1) is 27.0 Å². The van der Waals surface area contributed by atoms with Gasteiger partial charge in [0, 0.05) is 24.1 Å². The minimum atomic E-state index is -0.805. The predicted molar refractivity (Wildman–Crippen MR) is 169 cm³/mol. The minimum absolute atomic E-state index is 0.0561. The van der Waals surface area contributed by atoms with Gasteiger partial charge in [-0.25, -0.2) is 9.97 Å². The van der Waals surface area contributed by atoms with Gasteiger partial charge in [-0.2, -0.15) is 0 Å². The number of aromatic nitrogens is 4. The van der Waals surface area contributed by atoms with Crippen LogP contribution in [0, 0.1) is 20.2 Å². The van der Waals surface area contributed by atoms with E-state index < -0.39 is 26.8 Å². The fourth-order valence-electron chi connectivity index (χ4n) is 5.61. The number of hydrogen-bond acceptors (Lipinski definition) is 12. The number of aryl methyl sites for hydroxylation is 1. The van der Waals surface area contributed by atoms with Crippen LogP contribution in [-0.2, 0) is 6.54 Å². The first-order valence-corrected chi connectivity index (χ1v) is 15.5. The summed E-state index contributed by atoms with van der Waals surface area (Å²) in [7, 11) is 0. The molecule has 2 amide bonds. The van der Waals surface area contributed by atoms with Crippen molar-refractivity contribution in [2.75, 3.05) is 13.3 Å². The molecule has 242 valence electrons. The Morgan fingerprint density at radius 1 is 0.833 bits per heavy atom. The van der Waals surface area contributed by atoms with Gasteiger partial charge in [-0.05, 0) is 55.7 Å². The van der Waals surface area contributed by atoms with Gasteiger partial charge >= 0.3 is 0 Å². The lowest BCUT2D eigenvalue weighted by atomic mass is 10.1. The molecule has 0 bridgehead atoms. The molecule has 0 fully saturated rings. The average molecular weight is 670 g/mol. The van der Waals surface area contributed by atoms with Crippen molar-refractivity contribution in [1.82, 2.24) is 24.0 Å². The van der Waals surface area contributed by atoms with Crippen LogP contribution in [0.3, 0.4) is 0 Å². The highest BCUT2D eigenvalue weighted by atomic mass is 32.2. The monoisotopic (exact) mass is 669 g/mol. The molecular weight excluding hydrogens is 646 g/mol. The summed E-state index contributed by atoms with van der Waals surface area (Å²) >= 11 is 1.25. The highest BCUT2D eigenvalue weighted by Gasteiger charge is 2.34. The first-order valence-electron chi connectivity index (χ1n) is 14.6. The fraction of sp³-hybridized carbons (Fsp3) is 0.194. The molecular formula is C31H23N7O9S. The third-order valence-electron chi connectivity index (χ3n) is 7.94. The molecule has 0 radical (unpaired) electrons. The molecule has 2 aliphatic heterocycles. The number of fused-ring (bicyclic) bond motifs is 3. The van der Waals surface area contributed by atoms with Crippen LogP contribution in [0.25, 0.3) is 16.9 Å². The summed E-state index contributed by atoms with van der Waals surface area (Å²) in [6, 6.07) is 15.1. The van der Waals surface area contributed by atoms with Crippen LogP contribution in [0.4, 0.5) is 11.4 Å². The zero-order chi connectivity index (χ0) is 33.5. The lowest BCUT2D eigenvalue weighted by molar-refractivity contribution is -0.394. The third-order valence-corrected chi connectivity index (χ3v) is 8.93. The quantitative estimate of drug-likeness (QED) is 0.0812. The van der Waals surface area contributed by atoms with Crippen LogP contribution in [0.2, 0.25) is 0 Å². The van der Waals surface area contributed by atoms with Crippen LogP contribution >= 0.6 is 11.8 Å². The maximum Gasteiger partial charge on any atom is 0.300 e. The van der Waals surface area contributed by atoms with Crippen LogP contribution < -0.4 is 15.0 Å². The van der Waals surface area contributed by atoms with E-state index in [9.17, 15) is 34.6 Å². The highest BCUT2D eigenvalue weighted by Crippen LogP contribution is 2.38. The van der Waals surface area contributed by atoms with Gasteiger partial charge in [0.25, 0.3) is 28.7 Å². The SMILES string of the molecule is O=C1c2ccccc2C(=O)N1CCCCCn1c(Sc2ccc3c(c2)OCO3)nc2c(=O)n(-c3ccc([N+](=O)[O-])cc3[N+](=O)[O-])cnc21. The lowest BCUT2D eigenvalue weighted by Gasteiger charge is -2.14. The maximum atomic E-state index is 13.7. The van der Waals surface area contributed by atoms with E-state index in [4.69, 9.17) is 9.47 Å². The summed E-state index contributed by atoms with van der Waals surface area (Å²) in [5.41, 5.74) is -1.06. The first kappa shape index (κ1) is 30.5. The van der Waals surface area contributed by atoms with Gasteiger partial charge in [0.15, 0.2) is 27.8 Å². The number of nitro groups is 2. The number of ether oxygens (including phenoxy) is 2. The molecule has 0 spiro atoms. The van der Waals surface area contributed by atoms with Crippen molar-refractivity contribution in [2.24, 2.45) is 0 Å². The highest BCUT2D eigenvalue weighted by molar-refractivity contribution is 7.99. The Labute approximate surface area is 273 Å². The number of rotatable bonds is 11. The van der Waals surface area contributed by atoms with Crippen molar-refractivity contribution in [2.45, 2.75) is 35.9 Å². The summed E-state index contributed by atoms with van der Waals surface area (Å²) in [6.07, 6.45) is 2.90. The van der Waals surface area contributed by atoms with Crippen molar-refractivity contribution in [3.05, 3.63) is 109 Å². The largest absolute Gasteiger partial charge is 0.454 e. The number of non-ortho nitro benzene ring substituents is 1. The number of unbranched alkanes of at least 4 members (excludes halogenated alkanes) is 2. The van der Waals surface area contributed by atoms with Gasteiger partial charge in [-0.15, -0.1) is 0 Å². The van der Waals surface area contributed by atoms with E-state index in [2.05, 4.69) is 9.97 Å². The number of imidazole rings is 1. The number of carbonyl (C=O) groups is 2. The molecule has 2 aromatic heterocycles. The van der Waals surface area contributed by atoms with Crippen molar-refractivity contribution >= 4 is 46.1 Å². The number of imide groups is 1. The summed E-state index contributed by atoms with van der Waals surface area (Å²) in [4.78, 5) is 71.7. The normalized spacial score (nSPS) is 13.4. The molecule has 3 aromatic carbocycles. The van der Waals surface area contributed by atoms with Crippen LogP contribution in [-0.4, -0.2) is 59.0 Å². The molecule has 16 nitrogen and oxygen atoms in total. The summed E-state index contributed by atoms with van der Waals surface area (Å²) in [5.74, 6) is 0.529. The molecule has 2 aliphatic rings.